The molecule has 0 aromatic heterocycles. The molecule has 4 bridgehead atoms. The van der Waals surface area contributed by atoms with E-state index in [0.717, 1.165) is 41.5 Å². The Kier molecular flexibility index (Phi) is 26.7. The predicted molar refractivity (Wildman–Crippen MR) is 246 cm³/mol. The number of amides is 4. The lowest BCUT2D eigenvalue weighted by Gasteiger charge is -2.31. The van der Waals surface area contributed by atoms with Crippen LogP contribution in [0.3, 0.4) is 0 Å². The normalized spacial score (nSPS) is 15.3. The van der Waals surface area contributed by atoms with Gasteiger partial charge in [-0.05, 0) is 73.6 Å². The van der Waals surface area contributed by atoms with Gasteiger partial charge in [0.15, 0.2) is 0 Å². The van der Waals surface area contributed by atoms with Crippen molar-refractivity contribution in [1.29, 1.82) is 0 Å². The largest absolute Gasteiger partial charge is 0.399 e. The zero-order chi connectivity index (χ0) is 43.6. The summed E-state index contributed by atoms with van der Waals surface area (Å²) in [7, 11) is 1.73. The molecule has 9 N–H and O–H groups in total. The SMILES string of the molecule is C.C=C(CCCCCCCCCCCCCCC)N(N)C(CO)C(=O)NCC.C=C(CNC=O)N(C)C1C(=O)NCC(=O)NC(C)Cc2cc(N)cc(c2)-c2cccc1c2. The molecule has 2 aromatic carbocycles. The number of anilines is 1. The third-order valence-corrected chi connectivity index (χ3v) is 10.5. The Morgan fingerprint density at radius 2 is 1.55 bits per heavy atom. The number of rotatable bonds is 24. The third-order valence-electron chi connectivity index (χ3n) is 10.5. The summed E-state index contributed by atoms with van der Waals surface area (Å²) in [6, 6.07) is 11.9. The van der Waals surface area contributed by atoms with Crippen molar-refractivity contribution < 1.29 is 24.3 Å². The van der Waals surface area contributed by atoms with E-state index in [1.165, 1.54) is 75.6 Å². The van der Waals surface area contributed by atoms with Crippen LogP contribution in [-0.4, -0.2) is 84.5 Å². The summed E-state index contributed by atoms with van der Waals surface area (Å²) < 4.78 is 0. The van der Waals surface area contributed by atoms with Gasteiger partial charge in [0.05, 0.1) is 19.7 Å². The minimum Gasteiger partial charge on any atom is -0.399 e. The van der Waals surface area contributed by atoms with Gasteiger partial charge in [0.1, 0.15) is 12.1 Å². The van der Waals surface area contributed by atoms with Gasteiger partial charge in [-0.15, -0.1) is 0 Å². The van der Waals surface area contributed by atoms with E-state index in [4.69, 9.17) is 11.6 Å². The number of carbonyl (C=O) groups is 4. The number of nitrogens with two attached hydrogens (primary N) is 2. The number of hydrogen-bond acceptors (Lipinski definition) is 9. The summed E-state index contributed by atoms with van der Waals surface area (Å²) in [5.41, 5.74) is 11.6. The van der Waals surface area contributed by atoms with E-state index in [1.807, 2.05) is 50.2 Å². The highest BCUT2D eigenvalue weighted by Gasteiger charge is 2.28. The lowest BCUT2D eigenvalue weighted by atomic mass is 9.95. The number of hydrogen-bond donors (Lipinski definition) is 7. The zero-order valence-corrected chi connectivity index (χ0v) is 36.3. The van der Waals surface area contributed by atoms with E-state index >= 15 is 0 Å². The number of nitrogens with zero attached hydrogens (tertiary/aromatic N) is 2. The van der Waals surface area contributed by atoms with Gasteiger partial charge in [-0.25, -0.2) is 5.84 Å². The summed E-state index contributed by atoms with van der Waals surface area (Å²) in [5.74, 6) is 5.09. The Morgan fingerprint density at radius 3 is 2.13 bits per heavy atom. The Balaban J connectivity index is 0.000000601. The molecule has 0 radical (unpaired) electrons. The number of benzene rings is 2. The van der Waals surface area contributed by atoms with Crippen LogP contribution in [-0.2, 0) is 25.6 Å². The van der Waals surface area contributed by atoms with Gasteiger partial charge >= 0.3 is 0 Å². The summed E-state index contributed by atoms with van der Waals surface area (Å²) in [4.78, 5) is 49.9. The molecule has 336 valence electrons. The quantitative estimate of drug-likeness (QED) is 0.0200. The van der Waals surface area contributed by atoms with Crippen LogP contribution < -0.4 is 32.8 Å². The minimum atomic E-state index is -0.751. The number of fused-ring (bicyclic) bond motifs is 5. The molecular formula is C47H78N8O5. The molecular weight excluding hydrogens is 757 g/mol. The number of carbonyl (C=O) groups excluding carboxylic acids is 4. The van der Waals surface area contributed by atoms with Crippen molar-refractivity contribution in [3.8, 4) is 11.1 Å². The molecule has 0 aliphatic carbocycles. The number of likely N-dealkylation sites (N-methyl/N-ethyl adjacent to an activating group) is 2. The molecule has 0 saturated heterocycles. The number of allylic oxidation sites excluding steroid dienone is 1. The molecule has 13 heteroatoms. The van der Waals surface area contributed by atoms with Crippen molar-refractivity contribution in [3.63, 3.8) is 0 Å². The number of unbranched alkanes of at least 4 members (excludes halogenated alkanes) is 12. The fourth-order valence-electron chi connectivity index (χ4n) is 7.19. The van der Waals surface area contributed by atoms with Crippen LogP contribution in [0.4, 0.5) is 5.69 Å². The molecule has 0 saturated carbocycles. The van der Waals surface area contributed by atoms with Crippen molar-refractivity contribution in [2.24, 2.45) is 5.84 Å². The first-order valence-electron chi connectivity index (χ1n) is 21.6. The molecule has 4 amide bonds. The standard InChI is InChI=1S/C24H29N5O3.C22H45N3O2.CH4/c1-15-7-17-8-20(11-21(25)9-17)18-5-4-6-19(10-18)23(24(32)27-13-22(31)28-15)29(3)16(2)12-26-14-30;1-4-6-7-8-9-10-11-12-13-14-15-16-17-18-20(3)25(23)21(19-26)22(27)24-5-2;/h4-6,8-11,14-15,23H,2,7,12-13,25H2,1,3H3,(H,26,30)(H,27,32)(H,28,31);21,26H,3-19,23H2,1-2H3,(H,24,27);1H4. The summed E-state index contributed by atoms with van der Waals surface area (Å²) in [6.45, 7) is 14.2. The topological polar surface area (TPSA) is 195 Å². The van der Waals surface area contributed by atoms with Gasteiger partial charge in [-0.3, -0.25) is 19.2 Å². The van der Waals surface area contributed by atoms with E-state index in [2.05, 4.69) is 47.4 Å². The second kappa shape index (κ2) is 30.2. The fraction of sp³-hybridized carbons (Fsp3) is 0.574. The van der Waals surface area contributed by atoms with Crippen LogP contribution in [0.5, 0.6) is 0 Å². The highest BCUT2D eigenvalue weighted by Crippen LogP contribution is 2.30. The molecule has 3 rings (SSSR count). The smallest absolute Gasteiger partial charge is 0.247 e. The van der Waals surface area contributed by atoms with E-state index in [1.54, 1.807) is 11.9 Å². The molecule has 3 unspecified atom stereocenters. The molecule has 60 heavy (non-hydrogen) atoms. The Morgan fingerprint density at radius 1 is 0.933 bits per heavy atom. The highest BCUT2D eigenvalue weighted by atomic mass is 16.3. The molecule has 0 spiro atoms. The first kappa shape index (κ1) is 53.1. The van der Waals surface area contributed by atoms with E-state index in [0.29, 0.717) is 36.5 Å². The number of aliphatic hydroxyl groups is 1. The predicted octanol–water partition coefficient (Wildman–Crippen LogP) is 6.64. The maximum atomic E-state index is 13.2. The highest BCUT2D eigenvalue weighted by molar-refractivity contribution is 5.89. The average Bonchev–Trinajstić information content (AvgIpc) is 3.20. The molecule has 13 nitrogen and oxygen atoms in total. The lowest BCUT2D eigenvalue weighted by Crippen LogP contribution is -2.51. The summed E-state index contributed by atoms with van der Waals surface area (Å²) in [6.07, 6.45) is 19.1. The maximum absolute atomic E-state index is 13.2. The molecule has 1 aliphatic rings. The second-order valence-electron chi connectivity index (χ2n) is 15.6. The van der Waals surface area contributed by atoms with Crippen LogP contribution in [0.1, 0.15) is 135 Å². The number of hydrazine groups is 1. The summed E-state index contributed by atoms with van der Waals surface area (Å²) in [5, 5.41) is 21.6. The molecule has 1 heterocycles. The van der Waals surface area contributed by atoms with Gasteiger partial charge < -0.3 is 42.0 Å². The van der Waals surface area contributed by atoms with Crippen molar-refractivity contribution in [3.05, 3.63) is 78.1 Å². The lowest BCUT2D eigenvalue weighted by molar-refractivity contribution is -0.129. The Bertz CT molecular complexity index is 1620. The Labute approximate surface area is 361 Å². The molecule has 2 aromatic rings. The molecule has 0 fully saturated rings. The Hall–Kier alpha value is -4.88. The van der Waals surface area contributed by atoms with Gasteiger partial charge in [0.25, 0.3) is 0 Å². The maximum Gasteiger partial charge on any atom is 0.247 e. The van der Waals surface area contributed by atoms with E-state index < -0.39 is 12.1 Å². The number of nitrogen functional groups attached to an aromatic ring is 1. The minimum absolute atomic E-state index is 0. The van der Waals surface area contributed by atoms with Crippen LogP contribution in [0.15, 0.2) is 67.0 Å². The number of nitrogens with one attached hydrogen (secondary N) is 4. The first-order valence-corrected chi connectivity index (χ1v) is 21.6. The fourth-order valence-corrected chi connectivity index (χ4v) is 7.19. The van der Waals surface area contributed by atoms with E-state index in [9.17, 15) is 24.3 Å². The van der Waals surface area contributed by atoms with Crippen molar-refractivity contribution in [1.82, 2.24) is 31.2 Å². The molecule has 1 aliphatic heterocycles. The van der Waals surface area contributed by atoms with E-state index in [-0.39, 0.29) is 50.9 Å². The van der Waals surface area contributed by atoms with Gasteiger partial charge in [-0.2, -0.15) is 0 Å². The average molecular weight is 835 g/mol. The van der Waals surface area contributed by atoms with Crippen LogP contribution in [0, 0.1) is 0 Å². The van der Waals surface area contributed by atoms with Crippen LogP contribution in [0.2, 0.25) is 0 Å². The number of aliphatic hydroxyl groups excluding tert-OH is 1. The second-order valence-corrected chi connectivity index (χ2v) is 15.6. The van der Waals surface area contributed by atoms with Gasteiger partial charge in [-0.1, -0.05) is 129 Å². The van der Waals surface area contributed by atoms with Crippen molar-refractivity contribution >= 4 is 29.8 Å². The van der Waals surface area contributed by atoms with Gasteiger partial charge in [0.2, 0.25) is 24.1 Å². The zero-order valence-electron chi connectivity index (χ0n) is 36.3. The monoisotopic (exact) mass is 835 g/mol. The van der Waals surface area contributed by atoms with Crippen LogP contribution >= 0.6 is 0 Å². The third kappa shape index (κ3) is 19.5. The van der Waals surface area contributed by atoms with Crippen molar-refractivity contribution in [2.45, 2.75) is 143 Å². The molecule has 3 atom stereocenters. The van der Waals surface area contributed by atoms with Crippen LogP contribution in [0.25, 0.3) is 11.1 Å². The first-order chi connectivity index (χ1) is 28.4. The summed E-state index contributed by atoms with van der Waals surface area (Å²) >= 11 is 0. The van der Waals surface area contributed by atoms with Gasteiger partial charge in [0, 0.05) is 36.7 Å². The van der Waals surface area contributed by atoms with Crippen molar-refractivity contribution in [2.75, 3.05) is 39.0 Å².